The van der Waals surface area contributed by atoms with E-state index in [2.05, 4.69) is 46.1 Å². The van der Waals surface area contributed by atoms with Gasteiger partial charge in [-0.05, 0) is 53.6 Å². The summed E-state index contributed by atoms with van der Waals surface area (Å²) >= 11 is 1.81. The van der Waals surface area contributed by atoms with Crippen molar-refractivity contribution in [1.29, 1.82) is 0 Å². The number of carbonyl (C=O) groups is 1. The molecule has 1 heterocycles. The molecule has 5 nitrogen and oxygen atoms in total. The molecule has 0 saturated carbocycles. The lowest BCUT2D eigenvalue weighted by Crippen LogP contribution is -2.31. The van der Waals surface area contributed by atoms with Gasteiger partial charge in [0.25, 0.3) is 0 Å². The van der Waals surface area contributed by atoms with Gasteiger partial charge in [0.15, 0.2) is 0 Å². The van der Waals surface area contributed by atoms with Gasteiger partial charge >= 0.3 is 0 Å². The van der Waals surface area contributed by atoms with Crippen LogP contribution in [0.2, 0.25) is 0 Å². The zero-order valence-corrected chi connectivity index (χ0v) is 15.6. The Balaban J connectivity index is 1.47. The van der Waals surface area contributed by atoms with E-state index < -0.39 is 0 Å². The Kier molecular flexibility index (Phi) is 7.08. The fourth-order valence-electron chi connectivity index (χ4n) is 2.85. The number of benzene rings is 2. The summed E-state index contributed by atoms with van der Waals surface area (Å²) in [7, 11) is 0. The summed E-state index contributed by atoms with van der Waals surface area (Å²) < 4.78 is 7.73. The van der Waals surface area contributed by atoms with Gasteiger partial charge in [-0.3, -0.25) is 10.2 Å². The lowest BCUT2D eigenvalue weighted by Gasteiger charge is -2.25. The molecular weight excluding hydrogens is 346 g/mol. The van der Waals surface area contributed by atoms with Gasteiger partial charge in [-0.25, -0.2) is 10.1 Å². The number of ether oxygens (including phenoxy) is 1. The SMILES string of the molecule is NNC(=O)Cc1ccc(CCc2ccc(SN3CCOCC3)cc2)cc1. The van der Waals surface area contributed by atoms with Crippen LogP contribution in [0.15, 0.2) is 53.4 Å². The van der Waals surface area contributed by atoms with Gasteiger partial charge in [0, 0.05) is 18.0 Å². The summed E-state index contributed by atoms with van der Waals surface area (Å²) in [6, 6.07) is 17.0. The molecule has 26 heavy (non-hydrogen) atoms. The third kappa shape index (κ3) is 5.85. The molecule has 6 heteroatoms. The zero-order valence-electron chi connectivity index (χ0n) is 14.8. The second-order valence-corrected chi connectivity index (χ2v) is 7.51. The van der Waals surface area contributed by atoms with Crippen molar-refractivity contribution in [2.45, 2.75) is 24.2 Å². The quantitative estimate of drug-likeness (QED) is 0.338. The van der Waals surface area contributed by atoms with Crippen molar-refractivity contribution in [2.75, 3.05) is 26.3 Å². The number of hydrazine groups is 1. The first-order valence-electron chi connectivity index (χ1n) is 8.90. The molecule has 0 bridgehead atoms. The number of hydrogen-bond acceptors (Lipinski definition) is 5. The highest BCUT2D eigenvalue weighted by Gasteiger charge is 2.11. The van der Waals surface area contributed by atoms with Crippen molar-refractivity contribution in [3.63, 3.8) is 0 Å². The number of morpholine rings is 1. The molecule has 0 spiro atoms. The number of rotatable bonds is 7. The van der Waals surface area contributed by atoms with Gasteiger partial charge < -0.3 is 4.74 Å². The highest BCUT2D eigenvalue weighted by atomic mass is 32.2. The Hall–Kier alpha value is -1.86. The summed E-state index contributed by atoms with van der Waals surface area (Å²) in [5, 5.41) is 0. The van der Waals surface area contributed by atoms with E-state index in [1.165, 1.54) is 16.0 Å². The Morgan fingerprint density at radius 1 is 0.962 bits per heavy atom. The number of nitrogens with one attached hydrogen (secondary N) is 1. The summed E-state index contributed by atoms with van der Waals surface area (Å²) in [6.07, 6.45) is 2.31. The molecule has 0 radical (unpaired) electrons. The maximum Gasteiger partial charge on any atom is 0.238 e. The molecule has 1 amide bonds. The lowest BCUT2D eigenvalue weighted by molar-refractivity contribution is -0.120. The lowest BCUT2D eigenvalue weighted by atomic mass is 10.0. The van der Waals surface area contributed by atoms with Crippen LogP contribution >= 0.6 is 11.9 Å². The molecule has 2 aromatic carbocycles. The molecule has 0 aliphatic carbocycles. The van der Waals surface area contributed by atoms with Gasteiger partial charge in [0.1, 0.15) is 0 Å². The minimum absolute atomic E-state index is 0.173. The molecule has 1 aliphatic rings. The van der Waals surface area contributed by atoms with Crippen LogP contribution in [0.1, 0.15) is 16.7 Å². The van der Waals surface area contributed by atoms with Gasteiger partial charge in [-0.15, -0.1) is 0 Å². The maximum absolute atomic E-state index is 11.3. The van der Waals surface area contributed by atoms with Gasteiger partial charge in [0.05, 0.1) is 19.6 Å². The van der Waals surface area contributed by atoms with Crippen molar-refractivity contribution < 1.29 is 9.53 Å². The molecule has 1 fully saturated rings. The smallest absolute Gasteiger partial charge is 0.238 e. The molecule has 0 atom stereocenters. The van der Waals surface area contributed by atoms with Crippen LogP contribution in [-0.2, 0) is 28.8 Å². The molecule has 3 rings (SSSR count). The van der Waals surface area contributed by atoms with Crippen LogP contribution in [0.3, 0.4) is 0 Å². The Labute approximate surface area is 159 Å². The predicted molar refractivity (Wildman–Crippen MR) is 105 cm³/mol. The van der Waals surface area contributed by atoms with Crippen molar-refractivity contribution in [1.82, 2.24) is 9.73 Å². The first-order valence-corrected chi connectivity index (χ1v) is 9.67. The Morgan fingerprint density at radius 3 is 2.08 bits per heavy atom. The third-order valence-corrected chi connectivity index (χ3v) is 5.49. The van der Waals surface area contributed by atoms with Gasteiger partial charge in [-0.1, -0.05) is 36.4 Å². The van der Waals surface area contributed by atoms with Crippen molar-refractivity contribution in [3.05, 3.63) is 65.2 Å². The fourth-order valence-corrected chi connectivity index (χ4v) is 3.74. The van der Waals surface area contributed by atoms with Crippen molar-refractivity contribution >= 4 is 17.9 Å². The minimum Gasteiger partial charge on any atom is -0.379 e. The van der Waals surface area contributed by atoms with E-state index in [0.717, 1.165) is 44.7 Å². The van der Waals surface area contributed by atoms with Gasteiger partial charge in [0.2, 0.25) is 5.91 Å². The van der Waals surface area contributed by atoms with E-state index >= 15 is 0 Å². The van der Waals surface area contributed by atoms with Gasteiger partial charge in [-0.2, -0.15) is 0 Å². The highest BCUT2D eigenvalue weighted by molar-refractivity contribution is 7.97. The largest absolute Gasteiger partial charge is 0.379 e. The highest BCUT2D eigenvalue weighted by Crippen LogP contribution is 2.24. The average molecular weight is 372 g/mol. The molecule has 1 saturated heterocycles. The number of carbonyl (C=O) groups excluding carboxylic acids is 1. The van der Waals surface area contributed by atoms with Crippen LogP contribution in [0, 0.1) is 0 Å². The van der Waals surface area contributed by atoms with Crippen molar-refractivity contribution in [2.24, 2.45) is 5.84 Å². The van der Waals surface area contributed by atoms with Crippen LogP contribution in [-0.4, -0.2) is 36.5 Å². The Bertz CT molecular complexity index is 698. The molecule has 0 aromatic heterocycles. The number of amides is 1. The molecule has 138 valence electrons. The number of nitrogens with two attached hydrogens (primary N) is 1. The zero-order chi connectivity index (χ0) is 18.2. The summed E-state index contributed by atoms with van der Waals surface area (Å²) in [4.78, 5) is 12.6. The normalized spacial score (nSPS) is 15.0. The van der Waals surface area contributed by atoms with E-state index in [4.69, 9.17) is 10.6 Å². The topological polar surface area (TPSA) is 67.6 Å². The van der Waals surface area contributed by atoms with Crippen molar-refractivity contribution in [3.8, 4) is 0 Å². The van der Waals surface area contributed by atoms with E-state index in [0.29, 0.717) is 6.42 Å². The molecular formula is C20H25N3O2S. The summed E-state index contributed by atoms with van der Waals surface area (Å²) in [6.45, 7) is 3.60. The van der Waals surface area contributed by atoms with E-state index in [1.807, 2.05) is 24.1 Å². The second kappa shape index (κ2) is 9.73. The van der Waals surface area contributed by atoms with E-state index in [9.17, 15) is 4.79 Å². The average Bonchev–Trinajstić information content (AvgIpc) is 2.69. The van der Waals surface area contributed by atoms with E-state index in [-0.39, 0.29) is 5.91 Å². The molecule has 2 aromatic rings. The minimum atomic E-state index is -0.173. The molecule has 3 N–H and O–H groups in total. The molecule has 0 unspecified atom stereocenters. The van der Waals surface area contributed by atoms with Crippen LogP contribution in [0.4, 0.5) is 0 Å². The van der Waals surface area contributed by atoms with Crippen LogP contribution in [0.5, 0.6) is 0 Å². The maximum atomic E-state index is 11.3. The monoisotopic (exact) mass is 371 g/mol. The number of hydrogen-bond donors (Lipinski definition) is 2. The van der Waals surface area contributed by atoms with Crippen LogP contribution < -0.4 is 11.3 Å². The summed E-state index contributed by atoms with van der Waals surface area (Å²) in [5.74, 6) is 4.94. The van der Waals surface area contributed by atoms with E-state index in [1.54, 1.807) is 0 Å². The molecule has 1 aliphatic heterocycles. The van der Waals surface area contributed by atoms with Crippen LogP contribution in [0.25, 0.3) is 0 Å². The standard InChI is InChI=1S/C20H25N3O2S/c21-22-20(24)15-18-5-3-16(4-6-18)1-2-17-7-9-19(10-8-17)26-23-11-13-25-14-12-23/h3-10H,1-2,11-15,21H2,(H,22,24). The number of nitrogens with zero attached hydrogens (tertiary/aromatic N) is 1. The Morgan fingerprint density at radius 2 is 1.50 bits per heavy atom. The fraction of sp³-hybridized carbons (Fsp3) is 0.350. The number of aryl methyl sites for hydroxylation is 2. The third-order valence-electron chi connectivity index (χ3n) is 4.38. The summed E-state index contributed by atoms with van der Waals surface area (Å²) in [5.41, 5.74) is 5.74. The first-order chi connectivity index (χ1) is 12.7. The second-order valence-electron chi connectivity index (χ2n) is 6.34. The predicted octanol–water partition coefficient (Wildman–Crippen LogP) is 2.34. The first kappa shape index (κ1) is 18.9.